The van der Waals surface area contributed by atoms with Crippen LogP contribution in [0.3, 0.4) is 0 Å². The first-order chi connectivity index (χ1) is 12.5. The molecule has 0 atom stereocenters. The fourth-order valence-electron chi connectivity index (χ4n) is 2.17. The summed E-state index contributed by atoms with van der Waals surface area (Å²) in [6.45, 7) is 5.36. The molecule has 0 unspecified atom stereocenters. The Balaban J connectivity index is 2.76. The van der Waals surface area contributed by atoms with E-state index in [0.717, 1.165) is 5.56 Å². The van der Waals surface area contributed by atoms with Gasteiger partial charge in [-0.3, -0.25) is 4.99 Å². The van der Waals surface area contributed by atoms with Gasteiger partial charge in [0.2, 0.25) is 0 Å². The second-order valence-electron chi connectivity index (χ2n) is 7.05. The maximum absolute atomic E-state index is 12.2. The lowest BCUT2D eigenvalue weighted by atomic mass is 10.2. The van der Waals surface area contributed by atoms with Gasteiger partial charge in [0.05, 0.1) is 17.0 Å². The van der Waals surface area contributed by atoms with Crippen LogP contribution in [0.1, 0.15) is 33.3 Å². The highest BCUT2D eigenvalue weighted by Crippen LogP contribution is 2.17. The Labute approximate surface area is 160 Å². The molecule has 0 saturated carbocycles. The summed E-state index contributed by atoms with van der Waals surface area (Å²) in [5.74, 6) is 0.651. The first-order valence-corrected chi connectivity index (χ1v) is 10.4. The van der Waals surface area contributed by atoms with Crippen LogP contribution < -0.4 is 10.1 Å². The molecule has 1 rings (SSSR count). The lowest BCUT2D eigenvalue weighted by Crippen LogP contribution is -2.39. The predicted molar refractivity (Wildman–Crippen MR) is 104 cm³/mol. The zero-order valence-electron chi connectivity index (χ0n) is 16.5. The molecule has 0 spiro atoms. The Kier molecular flexibility index (Phi) is 8.46. The van der Waals surface area contributed by atoms with Gasteiger partial charge in [0.1, 0.15) is 5.75 Å². The number of rotatable bonds is 8. The van der Waals surface area contributed by atoms with E-state index in [1.807, 2.05) is 18.9 Å². The summed E-state index contributed by atoms with van der Waals surface area (Å²) in [4.78, 5) is 6.24. The van der Waals surface area contributed by atoms with Crippen molar-refractivity contribution in [3.63, 3.8) is 0 Å². The van der Waals surface area contributed by atoms with Crippen molar-refractivity contribution in [3.8, 4) is 5.75 Å². The van der Waals surface area contributed by atoms with Crippen molar-refractivity contribution in [2.75, 3.05) is 25.9 Å². The third-order valence-electron chi connectivity index (χ3n) is 3.82. The van der Waals surface area contributed by atoms with Crippen molar-refractivity contribution in [2.45, 2.75) is 45.6 Å². The average Bonchev–Trinajstić information content (AvgIpc) is 2.54. The third kappa shape index (κ3) is 7.70. The number of alkyl halides is 2. The first kappa shape index (κ1) is 23.1. The topological polar surface area (TPSA) is 71.0 Å². The van der Waals surface area contributed by atoms with Crippen LogP contribution in [0.5, 0.6) is 5.75 Å². The van der Waals surface area contributed by atoms with Gasteiger partial charge in [-0.15, -0.1) is 0 Å². The number of nitrogens with one attached hydrogen (secondary N) is 1. The van der Waals surface area contributed by atoms with Crippen LogP contribution in [-0.4, -0.2) is 56.5 Å². The summed E-state index contributed by atoms with van der Waals surface area (Å²) in [5.41, 5.74) is 0.882. The molecule has 0 radical (unpaired) electrons. The normalized spacial score (nSPS) is 13.0. The lowest BCUT2D eigenvalue weighted by Gasteiger charge is -2.23. The van der Waals surface area contributed by atoms with Crippen molar-refractivity contribution in [3.05, 3.63) is 29.8 Å². The Morgan fingerprint density at radius 1 is 1.26 bits per heavy atom. The second kappa shape index (κ2) is 9.87. The van der Waals surface area contributed by atoms with Gasteiger partial charge in [0, 0.05) is 20.1 Å². The molecule has 154 valence electrons. The number of sulfone groups is 1. The van der Waals surface area contributed by atoms with Gasteiger partial charge in [-0.05, 0) is 45.4 Å². The number of guanidine groups is 1. The van der Waals surface area contributed by atoms with Gasteiger partial charge >= 0.3 is 6.61 Å². The zero-order chi connectivity index (χ0) is 20.7. The van der Waals surface area contributed by atoms with Crippen LogP contribution in [0, 0.1) is 0 Å². The van der Waals surface area contributed by atoms with Crippen LogP contribution in [-0.2, 0) is 16.4 Å². The van der Waals surface area contributed by atoms with Crippen molar-refractivity contribution in [1.29, 1.82) is 0 Å². The highest BCUT2D eigenvalue weighted by Gasteiger charge is 2.28. The molecule has 1 N–H and O–H groups in total. The van der Waals surface area contributed by atoms with E-state index < -0.39 is 21.2 Å². The van der Waals surface area contributed by atoms with Crippen LogP contribution in [0.4, 0.5) is 8.78 Å². The molecule has 0 aromatic heterocycles. The Morgan fingerprint density at radius 3 is 2.33 bits per heavy atom. The summed E-state index contributed by atoms with van der Waals surface area (Å²) >= 11 is 0. The maximum Gasteiger partial charge on any atom is 0.387 e. The van der Waals surface area contributed by atoms with Crippen LogP contribution in [0.25, 0.3) is 0 Å². The number of aliphatic imine (C=N–C) groups is 1. The molecule has 0 saturated heterocycles. The quantitative estimate of drug-likeness (QED) is 0.532. The number of hydrogen-bond donors (Lipinski definition) is 1. The molecule has 0 fully saturated rings. The molecule has 0 heterocycles. The van der Waals surface area contributed by atoms with Gasteiger partial charge < -0.3 is 15.0 Å². The molecular weight excluding hydrogens is 376 g/mol. The molecule has 0 aliphatic carbocycles. The number of ether oxygens (including phenoxy) is 1. The molecular formula is C18H29F2N3O3S. The smallest absolute Gasteiger partial charge is 0.387 e. The Hall–Kier alpha value is -1.90. The van der Waals surface area contributed by atoms with Crippen LogP contribution >= 0.6 is 0 Å². The average molecular weight is 406 g/mol. The van der Waals surface area contributed by atoms with Crippen molar-refractivity contribution in [2.24, 2.45) is 4.99 Å². The first-order valence-electron chi connectivity index (χ1n) is 8.71. The highest BCUT2D eigenvalue weighted by atomic mass is 32.2. The van der Waals surface area contributed by atoms with E-state index in [1.165, 1.54) is 12.1 Å². The van der Waals surface area contributed by atoms with Gasteiger partial charge in [-0.25, -0.2) is 8.42 Å². The van der Waals surface area contributed by atoms with Crippen LogP contribution in [0.15, 0.2) is 29.3 Å². The van der Waals surface area contributed by atoms with Gasteiger partial charge in [-0.2, -0.15) is 8.78 Å². The number of halogens is 2. The minimum absolute atomic E-state index is 0.0289. The Morgan fingerprint density at radius 2 is 1.85 bits per heavy atom. The van der Waals surface area contributed by atoms with Crippen LogP contribution in [0.2, 0.25) is 0 Å². The van der Waals surface area contributed by atoms with E-state index in [-0.39, 0.29) is 18.0 Å². The molecule has 0 aliphatic heterocycles. The standard InChI is InChI=1S/C18H29F2N3O3S/c1-6-21-17(22-11-12-27(24,25)18(2,3)4)23(5)13-14-7-9-15(10-8-14)26-16(19)20/h7-10,16H,6,11-13H2,1-5H3,(H,21,22). The van der Waals surface area contributed by atoms with E-state index in [2.05, 4.69) is 15.0 Å². The van der Waals surface area contributed by atoms with Crippen molar-refractivity contribution < 1.29 is 21.9 Å². The molecule has 0 bridgehead atoms. The fourth-order valence-corrected chi connectivity index (χ4v) is 3.12. The monoisotopic (exact) mass is 405 g/mol. The summed E-state index contributed by atoms with van der Waals surface area (Å²) in [6, 6.07) is 6.36. The second-order valence-corrected chi connectivity index (χ2v) is 9.91. The summed E-state index contributed by atoms with van der Waals surface area (Å²) < 4.78 is 52.3. The minimum atomic E-state index is -3.24. The van der Waals surface area contributed by atoms with Crippen molar-refractivity contribution in [1.82, 2.24) is 10.2 Å². The minimum Gasteiger partial charge on any atom is -0.435 e. The molecule has 1 aromatic rings. The number of hydrogen-bond acceptors (Lipinski definition) is 4. The largest absolute Gasteiger partial charge is 0.435 e. The van der Waals surface area contributed by atoms with Gasteiger partial charge in [0.25, 0.3) is 0 Å². The van der Waals surface area contributed by atoms with E-state index in [9.17, 15) is 17.2 Å². The molecule has 27 heavy (non-hydrogen) atoms. The summed E-state index contributed by atoms with van der Waals surface area (Å²) in [6.07, 6.45) is 0. The maximum atomic E-state index is 12.2. The molecule has 0 amide bonds. The zero-order valence-corrected chi connectivity index (χ0v) is 17.3. The summed E-state index contributed by atoms with van der Waals surface area (Å²) in [5, 5.41) is 3.12. The predicted octanol–water partition coefficient (Wildman–Crippen LogP) is 2.90. The van der Waals surface area contributed by atoms with E-state index >= 15 is 0 Å². The highest BCUT2D eigenvalue weighted by molar-refractivity contribution is 7.92. The van der Waals surface area contributed by atoms with Gasteiger partial charge in [0.15, 0.2) is 15.8 Å². The van der Waals surface area contributed by atoms with E-state index in [1.54, 1.807) is 32.9 Å². The lowest BCUT2D eigenvalue weighted by molar-refractivity contribution is -0.0498. The Bertz CT molecular complexity index is 714. The van der Waals surface area contributed by atoms with E-state index in [4.69, 9.17) is 0 Å². The van der Waals surface area contributed by atoms with Gasteiger partial charge in [-0.1, -0.05) is 12.1 Å². The van der Waals surface area contributed by atoms with Crippen molar-refractivity contribution >= 4 is 15.8 Å². The van der Waals surface area contributed by atoms with E-state index in [0.29, 0.717) is 19.0 Å². The molecule has 0 aliphatic rings. The SMILES string of the molecule is CCNC(=NCCS(=O)(=O)C(C)(C)C)N(C)Cc1ccc(OC(F)F)cc1. The number of nitrogens with zero attached hydrogens (tertiary/aromatic N) is 2. The fraction of sp³-hybridized carbons (Fsp3) is 0.611. The number of benzene rings is 1. The molecule has 6 nitrogen and oxygen atoms in total. The summed E-state index contributed by atoms with van der Waals surface area (Å²) in [7, 11) is -1.41. The molecule has 1 aromatic carbocycles. The molecule has 9 heteroatoms. The third-order valence-corrected chi connectivity index (χ3v) is 6.41.